The fourth-order valence-electron chi connectivity index (χ4n) is 2.58. The molecule has 0 saturated heterocycles. The Labute approximate surface area is 140 Å². The monoisotopic (exact) mass is 324 g/mol. The maximum absolute atomic E-state index is 12.5. The van der Waals surface area contributed by atoms with Gasteiger partial charge in [-0.15, -0.1) is 0 Å². The summed E-state index contributed by atoms with van der Waals surface area (Å²) in [6.07, 6.45) is 1.52. The fraction of sp³-hybridized carbons (Fsp3) is 0.278. The molecule has 1 aromatic carbocycles. The van der Waals surface area contributed by atoms with Gasteiger partial charge in [-0.1, -0.05) is 17.3 Å². The van der Waals surface area contributed by atoms with Crippen molar-refractivity contribution in [2.45, 2.75) is 33.2 Å². The zero-order valence-corrected chi connectivity index (χ0v) is 14.2. The molecule has 124 valence electrons. The van der Waals surface area contributed by atoms with Crippen molar-refractivity contribution in [2.75, 3.05) is 5.32 Å². The van der Waals surface area contributed by atoms with Crippen LogP contribution in [0.3, 0.4) is 0 Å². The quantitative estimate of drug-likeness (QED) is 0.794. The first kappa shape index (κ1) is 16.0. The molecule has 3 aromatic rings. The Kier molecular flexibility index (Phi) is 3.97. The van der Waals surface area contributed by atoms with Gasteiger partial charge in [0.05, 0.1) is 5.54 Å². The Morgan fingerprint density at radius 1 is 1.21 bits per heavy atom. The summed E-state index contributed by atoms with van der Waals surface area (Å²) >= 11 is 0. The minimum atomic E-state index is -0.238. The van der Waals surface area contributed by atoms with E-state index < -0.39 is 0 Å². The molecule has 2 heterocycles. The number of hydrogen-bond acceptors (Lipinski definition) is 4. The van der Waals surface area contributed by atoms with E-state index in [1.165, 1.54) is 6.26 Å². The molecule has 1 N–H and O–H groups in total. The molecule has 0 bridgehead atoms. The third kappa shape index (κ3) is 3.22. The number of anilines is 1. The first-order chi connectivity index (χ1) is 11.3. The van der Waals surface area contributed by atoms with E-state index in [4.69, 9.17) is 4.52 Å². The highest BCUT2D eigenvalue weighted by Crippen LogP contribution is 2.22. The smallest absolute Gasteiger partial charge is 0.276 e. The molecular weight excluding hydrogens is 304 g/mol. The Balaban J connectivity index is 1.82. The Morgan fingerprint density at radius 2 is 2.00 bits per heavy atom. The number of amides is 1. The molecule has 2 aromatic heterocycles. The van der Waals surface area contributed by atoms with Crippen LogP contribution in [0.15, 0.2) is 47.2 Å². The van der Waals surface area contributed by atoms with Gasteiger partial charge in [-0.25, -0.2) is 0 Å². The summed E-state index contributed by atoms with van der Waals surface area (Å²) in [6.45, 7) is 8.10. The van der Waals surface area contributed by atoms with Crippen LogP contribution in [-0.4, -0.2) is 20.8 Å². The van der Waals surface area contributed by atoms with Crippen LogP contribution in [0.2, 0.25) is 0 Å². The van der Waals surface area contributed by atoms with Crippen LogP contribution in [-0.2, 0) is 5.54 Å². The van der Waals surface area contributed by atoms with E-state index >= 15 is 0 Å². The normalized spacial score (nSPS) is 11.5. The van der Waals surface area contributed by atoms with Crippen molar-refractivity contribution >= 4 is 11.6 Å². The van der Waals surface area contributed by atoms with Crippen molar-refractivity contribution in [1.82, 2.24) is 14.9 Å². The van der Waals surface area contributed by atoms with Gasteiger partial charge in [0, 0.05) is 23.0 Å². The van der Waals surface area contributed by atoms with Gasteiger partial charge >= 0.3 is 0 Å². The molecule has 0 saturated carbocycles. The molecule has 0 atom stereocenters. The number of nitrogens with one attached hydrogen (secondary N) is 1. The van der Waals surface area contributed by atoms with Crippen LogP contribution < -0.4 is 5.32 Å². The summed E-state index contributed by atoms with van der Waals surface area (Å²) in [5.41, 5.74) is 3.45. The molecular formula is C18H20N4O2. The number of benzene rings is 1. The molecule has 0 radical (unpaired) electrons. The van der Waals surface area contributed by atoms with E-state index in [1.807, 2.05) is 35.9 Å². The fourth-order valence-corrected chi connectivity index (χ4v) is 2.58. The lowest BCUT2D eigenvalue weighted by Crippen LogP contribution is -2.25. The van der Waals surface area contributed by atoms with Crippen LogP contribution in [0, 0.1) is 6.92 Å². The lowest BCUT2D eigenvalue weighted by Gasteiger charge is -2.21. The summed E-state index contributed by atoms with van der Waals surface area (Å²) < 4.78 is 6.71. The van der Waals surface area contributed by atoms with Gasteiger partial charge in [0.25, 0.3) is 5.91 Å². The van der Waals surface area contributed by atoms with Crippen LogP contribution in [0.5, 0.6) is 0 Å². The van der Waals surface area contributed by atoms with Gasteiger partial charge in [-0.05, 0) is 45.9 Å². The predicted molar refractivity (Wildman–Crippen MR) is 91.9 cm³/mol. The predicted octanol–water partition coefficient (Wildman–Crippen LogP) is 3.85. The van der Waals surface area contributed by atoms with Gasteiger partial charge in [-0.2, -0.15) is 5.10 Å². The average molecular weight is 324 g/mol. The Hall–Kier alpha value is -2.89. The van der Waals surface area contributed by atoms with Crippen molar-refractivity contribution in [2.24, 2.45) is 0 Å². The van der Waals surface area contributed by atoms with E-state index in [-0.39, 0.29) is 11.4 Å². The number of aromatic nitrogens is 3. The van der Waals surface area contributed by atoms with E-state index in [2.05, 4.69) is 36.3 Å². The number of carbonyl (C=O) groups is 1. The van der Waals surface area contributed by atoms with E-state index in [9.17, 15) is 4.79 Å². The Bertz CT molecular complexity index is 858. The first-order valence-corrected chi connectivity index (χ1v) is 7.74. The molecule has 0 fully saturated rings. The average Bonchev–Trinajstić information content (AvgIpc) is 3.16. The maximum atomic E-state index is 12.5. The van der Waals surface area contributed by atoms with Gasteiger partial charge < -0.3 is 9.84 Å². The maximum Gasteiger partial charge on any atom is 0.276 e. The molecule has 24 heavy (non-hydrogen) atoms. The second-order valence-electron chi connectivity index (χ2n) is 6.67. The number of nitrogens with zero attached hydrogens (tertiary/aromatic N) is 3. The van der Waals surface area contributed by atoms with Crippen molar-refractivity contribution in [3.8, 4) is 11.3 Å². The zero-order chi connectivity index (χ0) is 17.3. The highest BCUT2D eigenvalue weighted by Gasteiger charge is 2.20. The lowest BCUT2D eigenvalue weighted by molar-refractivity contribution is 0.102. The van der Waals surface area contributed by atoms with Crippen molar-refractivity contribution < 1.29 is 9.32 Å². The molecule has 6 heteroatoms. The second kappa shape index (κ2) is 5.96. The minimum Gasteiger partial charge on any atom is -0.364 e. The third-order valence-corrected chi connectivity index (χ3v) is 3.61. The van der Waals surface area contributed by atoms with E-state index in [0.29, 0.717) is 11.4 Å². The SMILES string of the molecule is Cc1cc(C(=O)Nc2cccc(-c3ccon3)c2)nn1C(C)(C)C. The molecule has 6 nitrogen and oxygen atoms in total. The first-order valence-electron chi connectivity index (χ1n) is 7.74. The minimum absolute atomic E-state index is 0.171. The summed E-state index contributed by atoms with van der Waals surface area (Å²) in [5, 5.41) is 11.2. The molecule has 1 amide bonds. The third-order valence-electron chi connectivity index (χ3n) is 3.61. The Morgan fingerprint density at radius 3 is 2.62 bits per heavy atom. The molecule has 0 unspecified atom stereocenters. The van der Waals surface area contributed by atoms with Crippen molar-refractivity contribution in [3.63, 3.8) is 0 Å². The van der Waals surface area contributed by atoms with Gasteiger partial charge in [0.15, 0.2) is 5.69 Å². The van der Waals surface area contributed by atoms with Crippen LogP contribution in [0.25, 0.3) is 11.3 Å². The molecule has 0 aliphatic rings. The summed E-state index contributed by atoms with van der Waals surface area (Å²) in [5.74, 6) is -0.238. The summed E-state index contributed by atoms with van der Waals surface area (Å²) in [4.78, 5) is 12.5. The van der Waals surface area contributed by atoms with Crippen LogP contribution >= 0.6 is 0 Å². The number of carbonyl (C=O) groups excluding carboxylic acids is 1. The molecule has 0 aliphatic carbocycles. The standard InChI is InChI=1S/C18H20N4O2/c1-12-10-16(20-22(12)18(2,3)4)17(23)19-14-7-5-6-13(11-14)15-8-9-24-21-15/h5-11H,1-4H3,(H,19,23). The van der Waals surface area contributed by atoms with Crippen LogP contribution in [0.1, 0.15) is 37.0 Å². The van der Waals surface area contributed by atoms with Crippen LogP contribution in [0.4, 0.5) is 5.69 Å². The van der Waals surface area contributed by atoms with Gasteiger partial charge in [0.1, 0.15) is 12.0 Å². The lowest BCUT2D eigenvalue weighted by atomic mass is 10.1. The van der Waals surface area contributed by atoms with Crippen molar-refractivity contribution in [1.29, 1.82) is 0 Å². The molecule has 3 rings (SSSR count). The summed E-state index contributed by atoms with van der Waals surface area (Å²) in [7, 11) is 0. The largest absolute Gasteiger partial charge is 0.364 e. The highest BCUT2D eigenvalue weighted by atomic mass is 16.5. The second-order valence-corrected chi connectivity index (χ2v) is 6.67. The van der Waals surface area contributed by atoms with Gasteiger partial charge in [-0.3, -0.25) is 9.48 Å². The molecule has 0 aliphatic heterocycles. The summed E-state index contributed by atoms with van der Waals surface area (Å²) in [6, 6.07) is 11.0. The zero-order valence-electron chi connectivity index (χ0n) is 14.2. The van der Waals surface area contributed by atoms with Gasteiger partial charge in [0.2, 0.25) is 0 Å². The number of hydrogen-bond donors (Lipinski definition) is 1. The molecule has 0 spiro atoms. The topological polar surface area (TPSA) is 73.0 Å². The van der Waals surface area contributed by atoms with E-state index in [1.54, 1.807) is 12.1 Å². The number of aryl methyl sites for hydroxylation is 1. The van der Waals surface area contributed by atoms with E-state index in [0.717, 1.165) is 17.0 Å². The highest BCUT2D eigenvalue weighted by molar-refractivity contribution is 6.03. The number of rotatable bonds is 3. The van der Waals surface area contributed by atoms with Crippen molar-refractivity contribution in [3.05, 3.63) is 54.0 Å².